The van der Waals surface area contributed by atoms with E-state index >= 15 is 0 Å². The van der Waals surface area contributed by atoms with Crippen molar-refractivity contribution in [3.8, 4) is 0 Å². The Morgan fingerprint density at radius 2 is 2.05 bits per heavy atom. The van der Waals surface area contributed by atoms with Crippen molar-refractivity contribution in [2.24, 2.45) is 5.92 Å². The first-order chi connectivity index (χ1) is 9.53. The second-order valence-electron chi connectivity index (χ2n) is 6.54. The van der Waals surface area contributed by atoms with E-state index < -0.39 is 5.54 Å². The van der Waals surface area contributed by atoms with Gasteiger partial charge >= 0.3 is 0 Å². The quantitative estimate of drug-likeness (QED) is 0.814. The van der Waals surface area contributed by atoms with Crippen molar-refractivity contribution in [1.82, 2.24) is 10.2 Å². The molecular weight excluding hydrogens is 252 g/mol. The SMILES string of the molecule is CCOCC(C)N1C(=O)C(C)(CC)NC1C1CCCC1. The number of rotatable bonds is 6. The van der Waals surface area contributed by atoms with E-state index in [1.807, 2.05) is 13.8 Å². The molecule has 2 fully saturated rings. The first kappa shape index (κ1) is 15.8. The lowest BCUT2D eigenvalue weighted by molar-refractivity contribution is -0.136. The third-order valence-corrected chi connectivity index (χ3v) is 5.06. The summed E-state index contributed by atoms with van der Waals surface area (Å²) < 4.78 is 5.55. The van der Waals surface area contributed by atoms with Gasteiger partial charge in [0.2, 0.25) is 5.91 Å². The average Bonchev–Trinajstić information content (AvgIpc) is 3.05. The molecule has 2 aliphatic rings. The molecule has 1 saturated heterocycles. The summed E-state index contributed by atoms with van der Waals surface area (Å²) in [7, 11) is 0. The van der Waals surface area contributed by atoms with Gasteiger partial charge in [0.05, 0.1) is 24.4 Å². The van der Waals surface area contributed by atoms with Gasteiger partial charge in [0.1, 0.15) is 0 Å². The Morgan fingerprint density at radius 1 is 1.40 bits per heavy atom. The summed E-state index contributed by atoms with van der Waals surface area (Å²) in [4.78, 5) is 14.9. The number of hydrogen-bond donors (Lipinski definition) is 1. The molecule has 3 unspecified atom stereocenters. The molecule has 116 valence electrons. The highest BCUT2D eigenvalue weighted by Gasteiger charge is 2.50. The van der Waals surface area contributed by atoms with Crippen LogP contribution >= 0.6 is 0 Å². The zero-order chi connectivity index (χ0) is 14.8. The van der Waals surface area contributed by atoms with E-state index in [9.17, 15) is 4.79 Å². The second kappa shape index (κ2) is 6.44. The van der Waals surface area contributed by atoms with Crippen LogP contribution in [-0.2, 0) is 9.53 Å². The van der Waals surface area contributed by atoms with Gasteiger partial charge in [-0.25, -0.2) is 0 Å². The van der Waals surface area contributed by atoms with Crippen LogP contribution < -0.4 is 5.32 Å². The van der Waals surface area contributed by atoms with Crippen LogP contribution in [0.1, 0.15) is 59.8 Å². The molecule has 2 rings (SSSR count). The first-order valence-corrected chi connectivity index (χ1v) is 8.21. The number of ether oxygens (including phenoxy) is 1. The summed E-state index contributed by atoms with van der Waals surface area (Å²) in [5.74, 6) is 0.862. The summed E-state index contributed by atoms with van der Waals surface area (Å²) in [6.07, 6.45) is 6.12. The fraction of sp³-hybridized carbons (Fsp3) is 0.938. The maximum atomic E-state index is 12.8. The van der Waals surface area contributed by atoms with Gasteiger partial charge in [0.25, 0.3) is 0 Å². The maximum absolute atomic E-state index is 12.8. The molecule has 1 heterocycles. The van der Waals surface area contributed by atoms with E-state index in [1.54, 1.807) is 0 Å². The normalized spacial score (nSPS) is 33.1. The molecule has 3 atom stereocenters. The minimum Gasteiger partial charge on any atom is -0.380 e. The molecule has 0 aromatic rings. The highest BCUT2D eigenvalue weighted by Crippen LogP contribution is 2.36. The van der Waals surface area contributed by atoms with Gasteiger partial charge in [-0.15, -0.1) is 0 Å². The summed E-state index contributed by atoms with van der Waals surface area (Å²) in [5.41, 5.74) is -0.395. The van der Waals surface area contributed by atoms with E-state index in [1.165, 1.54) is 25.7 Å². The molecule has 0 bridgehead atoms. The van der Waals surface area contributed by atoms with Crippen LogP contribution in [0.15, 0.2) is 0 Å². The first-order valence-electron chi connectivity index (χ1n) is 8.21. The van der Waals surface area contributed by atoms with Crippen LogP contribution in [0.3, 0.4) is 0 Å². The Hall–Kier alpha value is -0.610. The lowest BCUT2D eigenvalue weighted by atomic mass is 9.99. The molecular formula is C16H30N2O2. The predicted molar refractivity (Wildman–Crippen MR) is 80.4 cm³/mol. The Bertz CT molecular complexity index is 341. The summed E-state index contributed by atoms with van der Waals surface area (Å²) in [6.45, 7) is 9.59. The predicted octanol–water partition coefficient (Wildman–Crippen LogP) is 2.53. The van der Waals surface area contributed by atoms with Gasteiger partial charge in [0.15, 0.2) is 0 Å². The van der Waals surface area contributed by atoms with E-state index in [2.05, 4.69) is 24.1 Å². The Balaban J connectivity index is 2.16. The van der Waals surface area contributed by atoms with Gasteiger partial charge in [0, 0.05) is 6.61 Å². The van der Waals surface area contributed by atoms with Crippen molar-refractivity contribution >= 4 is 5.91 Å². The second-order valence-corrected chi connectivity index (χ2v) is 6.54. The van der Waals surface area contributed by atoms with E-state index in [4.69, 9.17) is 4.74 Å². The average molecular weight is 282 g/mol. The molecule has 20 heavy (non-hydrogen) atoms. The van der Waals surface area contributed by atoms with Crippen LogP contribution in [-0.4, -0.2) is 41.8 Å². The zero-order valence-corrected chi connectivity index (χ0v) is 13.4. The molecule has 0 spiro atoms. The fourth-order valence-corrected chi connectivity index (χ4v) is 3.58. The van der Waals surface area contributed by atoms with Crippen LogP contribution in [0.5, 0.6) is 0 Å². The van der Waals surface area contributed by atoms with Crippen molar-refractivity contribution in [1.29, 1.82) is 0 Å². The highest BCUT2D eigenvalue weighted by molar-refractivity contribution is 5.88. The van der Waals surface area contributed by atoms with Crippen LogP contribution in [0, 0.1) is 5.92 Å². The molecule has 1 saturated carbocycles. The smallest absolute Gasteiger partial charge is 0.244 e. The molecule has 0 radical (unpaired) electrons. The van der Waals surface area contributed by atoms with Gasteiger partial charge < -0.3 is 9.64 Å². The van der Waals surface area contributed by atoms with E-state index in [0.29, 0.717) is 19.1 Å². The summed E-state index contributed by atoms with van der Waals surface area (Å²) in [6, 6.07) is 0.147. The summed E-state index contributed by atoms with van der Waals surface area (Å²) in [5, 5.41) is 3.64. The monoisotopic (exact) mass is 282 g/mol. The van der Waals surface area contributed by atoms with Gasteiger partial charge in [-0.05, 0) is 46.0 Å². The maximum Gasteiger partial charge on any atom is 0.244 e. The van der Waals surface area contributed by atoms with Crippen LogP contribution in [0.2, 0.25) is 0 Å². The minimum absolute atomic E-state index is 0.147. The number of hydrogen-bond acceptors (Lipinski definition) is 3. The lowest BCUT2D eigenvalue weighted by Crippen LogP contribution is -2.48. The van der Waals surface area contributed by atoms with Gasteiger partial charge in [-0.2, -0.15) is 0 Å². The fourth-order valence-electron chi connectivity index (χ4n) is 3.58. The largest absolute Gasteiger partial charge is 0.380 e. The summed E-state index contributed by atoms with van der Waals surface area (Å²) >= 11 is 0. The molecule has 1 aliphatic heterocycles. The number of carbonyl (C=O) groups excluding carboxylic acids is 1. The van der Waals surface area contributed by atoms with E-state index in [0.717, 1.165) is 6.42 Å². The van der Waals surface area contributed by atoms with Crippen LogP contribution in [0.4, 0.5) is 0 Å². The van der Waals surface area contributed by atoms with Gasteiger partial charge in [-0.3, -0.25) is 10.1 Å². The highest BCUT2D eigenvalue weighted by atomic mass is 16.5. The third-order valence-electron chi connectivity index (χ3n) is 5.06. The van der Waals surface area contributed by atoms with Crippen LogP contribution in [0.25, 0.3) is 0 Å². The van der Waals surface area contributed by atoms with Crippen molar-refractivity contribution in [3.63, 3.8) is 0 Å². The molecule has 0 aromatic heterocycles. The van der Waals surface area contributed by atoms with E-state index in [-0.39, 0.29) is 18.1 Å². The molecule has 4 nitrogen and oxygen atoms in total. The van der Waals surface area contributed by atoms with Gasteiger partial charge in [-0.1, -0.05) is 19.8 Å². The number of amides is 1. The Morgan fingerprint density at radius 3 is 2.60 bits per heavy atom. The topological polar surface area (TPSA) is 41.6 Å². The van der Waals surface area contributed by atoms with Crippen molar-refractivity contribution in [2.45, 2.75) is 77.5 Å². The Kier molecular flexibility index (Phi) is 5.08. The molecule has 4 heteroatoms. The third kappa shape index (κ3) is 2.86. The number of carbonyl (C=O) groups is 1. The van der Waals surface area contributed by atoms with Crippen molar-refractivity contribution in [3.05, 3.63) is 0 Å². The molecule has 1 N–H and O–H groups in total. The minimum atomic E-state index is -0.395. The van der Waals surface area contributed by atoms with Crippen molar-refractivity contribution < 1.29 is 9.53 Å². The molecule has 0 aromatic carbocycles. The zero-order valence-electron chi connectivity index (χ0n) is 13.4. The van der Waals surface area contributed by atoms with Crippen molar-refractivity contribution in [2.75, 3.05) is 13.2 Å². The number of nitrogens with zero attached hydrogens (tertiary/aromatic N) is 1. The molecule has 1 aliphatic carbocycles. The lowest BCUT2D eigenvalue weighted by Gasteiger charge is -2.33. The standard InChI is InChI=1S/C16H30N2O2/c1-5-16(4)15(19)18(12(3)11-20-6-2)14(17-16)13-9-7-8-10-13/h12-14,17H,5-11H2,1-4H3. The molecule has 1 amide bonds. The Labute approximate surface area is 123 Å². The number of nitrogens with one attached hydrogen (secondary N) is 1.